The van der Waals surface area contributed by atoms with E-state index in [1.54, 1.807) is 6.07 Å². The minimum absolute atomic E-state index is 0.106. The van der Waals surface area contributed by atoms with E-state index in [1.807, 2.05) is 13.0 Å². The molecule has 2 aromatic rings. The summed E-state index contributed by atoms with van der Waals surface area (Å²) in [5.41, 5.74) is 14.0. The molecule has 0 aliphatic rings. The zero-order valence-corrected chi connectivity index (χ0v) is 12.9. The van der Waals surface area contributed by atoms with Crippen LogP contribution < -0.4 is 16.2 Å². The van der Waals surface area contributed by atoms with Crippen molar-refractivity contribution in [3.8, 4) is 11.5 Å². The number of nitrogen functional groups attached to an aromatic ring is 2. The Morgan fingerprint density at radius 1 is 1.24 bits per heavy atom. The van der Waals surface area contributed by atoms with Crippen LogP contribution in [0.5, 0.6) is 11.5 Å². The van der Waals surface area contributed by atoms with E-state index in [0.29, 0.717) is 17.2 Å². The number of aromatic nitrogens is 2. The SMILES string of the molecule is Cc1cc(C(C)C)c(Oc2cnc(N)nc2N)cc1N=S. The van der Waals surface area contributed by atoms with Gasteiger partial charge in [0.1, 0.15) is 5.75 Å². The molecule has 1 aromatic heterocycles. The van der Waals surface area contributed by atoms with E-state index < -0.39 is 0 Å². The van der Waals surface area contributed by atoms with Crippen LogP contribution in [0.1, 0.15) is 30.9 Å². The molecule has 0 radical (unpaired) electrons. The first-order valence-electron chi connectivity index (χ1n) is 6.46. The molecule has 0 saturated carbocycles. The molecule has 0 amide bonds. The molecule has 0 saturated heterocycles. The van der Waals surface area contributed by atoms with Crippen LogP contribution in [0.2, 0.25) is 0 Å². The Kier molecular flexibility index (Phi) is 4.32. The highest BCUT2D eigenvalue weighted by molar-refractivity contribution is 7.47. The number of benzene rings is 1. The highest BCUT2D eigenvalue weighted by Crippen LogP contribution is 2.37. The molecule has 0 spiro atoms. The molecule has 0 fully saturated rings. The van der Waals surface area contributed by atoms with Crippen molar-refractivity contribution >= 4 is 29.9 Å². The number of nitrogens with zero attached hydrogens (tertiary/aromatic N) is 3. The molecule has 7 heteroatoms. The van der Waals surface area contributed by atoms with Gasteiger partial charge in [0, 0.05) is 18.5 Å². The number of nitrogens with two attached hydrogens (primary N) is 2. The Hall–Kier alpha value is -2.28. The van der Waals surface area contributed by atoms with Crippen molar-refractivity contribution in [3.05, 3.63) is 29.5 Å². The zero-order valence-electron chi connectivity index (χ0n) is 12.1. The quantitative estimate of drug-likeness (QED) is 0.899. The fraction of sp³-hybridized carbons (Fsp3) is 0.286. The maximum absolute atomic E-state index is 5.84. The second-order valence-electron chi connectivity index (χ2n) is 5.00. The van der Waals surface area contributed by atoms with Crippen LogP contribution in [0.25, 0.3) is 0 Å². The molecule has 2 rings (SSSR count). The average Bonchev–Trinajstić information content (AvgIpc) is 2.42. The highest BCUT2D eigenvalue weighted by Gasteiger charge is 2.14. The summed E-state index contributed by atoms with van der Waals surface area (Å²) in [6.07, 6.45) is 1.45. The number of anilines is 2. The van der Waals surface area contributed by atoms with Gasteiger partial charge in [-0.05, 0) is 30.0 Å². The maximum Gasteiger partial charge on any atom is 0.222 e. The maximum atomic E-state index is 5.84. The molecule has 6 nitrogen and oxygen atoms in total. The molecule has 4 N–H and O–H groups in total. The molecule has 21 heavy (non-hydrogen) atoms. The topological polar surface area (TPSA) is 99.4 Å². The van der Waals surface area contributed by atoms with Gasteiger partial charge in [0.2, 0.25) is 5.95 Å². The average molecular weight is 303 g/mol. The van der Waals surface area contributed by atoms with Crippen LogP contribution in [-0.2, 0) is 12.4 Å². The summed E-state index contributed by atoms with van der Waals surface area (Å²) < 4.78 is 9.67. The van der Waals surface area contributed by atoms with E-state index in [4.69, 9.17) is 28.6 Å². The van der Waals surface area contributed by atoms with Gasteiger partial charge < -0.3 is 16.2 Å². The Bertz CT molecular complexity index is 687. The predicted molar refractivity (Wildman–Crippen MR) is 85.7 cm³/mol. The molecular formula is C14H17N5OS. The van der Waals surface area contributed by atoms with Gasteiger partial charge in [-0.25, -0.2) is 4.98 Å². The number of rotatable bonds is 4. The van der Waals surface area contributed by atoms with Gasteiger partial charge in [-0.2, -0.15) is 9.35 Å². The fourth-order valence-electron chi connectivity index (χ4n) is 1.93. The molecular weight excluding hydrogens is 286 g/mol. The van der Waals surface area contributed by atoms with E-state index >= 15 is 0 Å². The first-order chi connectivity index (χ1) is 9.92. The molecule has 1 heterocycles. The lowest BCUT2D eigenvalue weighted by Crippen LogP contribution is -2.02. The number of hydrogen-bond donors (Lipinski definition) is 2. The van der Waals surface area contributed by atoms with Gasteiger partial charge in [-0.1, -0.05) is 13.8 Å². The van der Waals surface area contributed by atoms with Gasteiger partial charge in [0.05, 0.1) is 11.9 Å². The van der Waals surface area contributed by atoms with E-state index in [-0.39, 0.29) is 17.7 Å². The number of hydrogen-bond acceptors (Lipinski definition) is 7. The highest BCUT2D eigenvalue weighted by atomic mass is 32.1. The first-order valence-corrected chi connectivity index (χ1v) is 6.82. The molecule has 0 aliphatic carbocycles. The van der Waals surface area contributed by atoms with E-state index in [1.165, 1.54) is 6.20 Å². The van der Waals surface area contributed by atoms with Crippen LogP contribution in [-0.4, -0.2) is 9.97 Å². The summed E-state index contributed by atoms with van der Waals surface area (Å²) in [6.45, 7) is 6.12. The predicted octanol–water partition coefficient (Wildman–Crippen LogP) is 3.23. The van der Waals surface area contributed by atoms with Crippen molar-refractivity contribution in [1.82, 2.24) is 9.97 Å². The largest absolute Gasteiger partial charge is 0.451 e. The van der Waals surface area contributed by atoms with Crippen LogP contribution in [0.4, 0.5) is 17.5 Å². The third-order valence-electron chi connectivity index (χ3n) is 3.07. The normalized spacial score (nSPS) is 10.7. The van der Waals surface area contributed by atoms with Crippen LogP contribution in [0.15, 0.2) is 22.7 Å². The lowest BCUT2D eigenvalue weighted by Gasteiger charge is -2.16. The Labute approximate surface area is 128 Å². The molecule has 1 aromatic carbocycles. The Balaban J connectivity index is 2.49. The standard InChI is InChI=1S/C14H17N5OS/c1-7(2)9-4-8(3)10(19-21)5-11(9)20-12-6-17-14(16)18-13(12)15/h4-7H,1-3H3,(H4,15,16,17,18). The molecule has 0 bridgehead atoms. The minimum Gasteiger partial charge on any atom is -0.451 e. The summed E-state index contributed by atoms with van der Waals surface area (Å²) in [5.74, 6) is 1.56. The van der Waals surface area contributed by atoms with Crippen molar-refractivity contribution < 1.29 is 4.74 Å². The minimum atomic E-state index is 0.106. The van der Waals surface area contributed by atoms with E-state index in [2.05, 4.69) is 28.2 Å². The number of ether oxygens (including phenoxy) is 1. The van der Waals surface area contributed by atoms with Gasteiger partial charge >= 0.3 is 0 Å². The fourth-order valence-corrected chi connectivity index (χ4v) is 2.13. The van der Waals surface area contributed by atoms with Crippen molar-refractivity contribution in [2.45, 2.75) is 26.7 Å². The van der Waals surface area contributed by atoms with Crippen molar-refractivity contribution in [1.29, 1.82) is 0 Å². The third kappa shape index (κ3) is 3.25. The van der Waals surface area contributed by atoms with Gasteiger partial charge in [-0.3, -0.25) is 0 Å². The lowest BCUT2D eigenvalue weighted by molar-refractivity contribution is 0.471. The summed E-state index contributed by atoms with van der Waals surface area (Å²) in [6, 6.07) is 3.81. The Morgan fingerprint density at radius 2 is 1.95 bits per heavy atom. The monoisotopic (exact) mass is 303 g/mol. The lowest BCUT2D eigenvalue weighted by atomic mass is 9.99. The molecule has 110 valence electrons. The van der Waals surface area contributed by atoms with Gasteiger partial charge in [0.15, 0.2) is 11.6 Å². The van der Waals surface area contributed by atoms with E-state index in [9.17, 15) is 0 Å². The summed E-state index contributed by atoms with van der Waals surface area (Å²) >= 11 is 4.79. The van der Waals surface area contributed by atoms with Crippen molar-refractivity contribution in [3.63, 3.8) is 0 Å². The first kappa shape index (κ1) is 15.1. The van der Waals surface area contributed by atoms with Crippen molar-refractivity contribution in [2.75, 3.05) is 11.5 Å². The van der Waals surface area contributed by atoms with Crippen molar-refractivity contribution in [2.24, 2.45) is 4.36 Å². The Morgan fingerprint density at radius 3 is 2.52 bits per heavy atom. The number of aryl methyl sites for hydroxylation is 1. The second kappa shape index (κ2) is 6.01. The third-order valence-corrected chi connectivity index (χ3v) is 3.27. The summed E-state index contributed by atoms with van der Waals surface area (Å²) in [4.78, 5) is 7.77. The summed E-state index contributed by atoms with van der Waals surface area (Å²) in [5, 5.41) is 0. The van der Waals surface area contributed by atoms with Gasteiger partial charge in [0.25, 0.3) is 0 Å². The van der Waals surface area contributed by atoms with E-state index in [0.717, 1.165) is 11.1 Å². The second-order valence-corrected chi connectivity index (χ2v) is 5.18. The zero-order chi connectivity index (χ0) is 15.6. The summed E-state index contributed by atoms with van der Waals surface area (Å²) in [7, 11) is 0. The molecule has 0 unspecified atom stereocenters. The molecule has 0 aliphatic heterocycles. The van der Waals surface area contributed by atoms with Crippen LogP contribution in [0, 0.1) is 6.92 Å². The smallest absolute Gasteiger partial charge is 0.222 e. The van der Waals surface area contributed by atoms with Gasteiger partial charge in [-0.15, -0.1) is 0 Å². The van der Waals surface area contributed by atoms with Crippen LogP contribution in [0.3, 0.4) is 0 Å². The van der Waals surface area contributed by atoms with Crippen LogP contribution >= 0.6 is 0 Å². The molecule has 0 atom stereocenters.